The zero-order chi connectivity index (χ0) is 22.0. The maximum Gasteiger partial charge on any atom is 0.311 e. The van der Waals surface area contributed by atoms with Gasteiger partial charge in [0.2, 0.25) is 34.8 Å². The molecule has 0 bridgehead atoms. The fourth-order valence-electron chi connectivity index (χ4n) is 2.42. The summed E-state index contributed by atoms with van der Waals surface area (Å²) in [6, 6.07) is 0. The van der Waals surface area contributed by atoms with Crippen LogP contribution in [-0.2, 0) is 14.3 Å². The number of carbonyl (C=O) groups excluding carboxylic acids is 2. The highest BCUT2D eigenvalue weighted by Crippen LogP contribution is 2.29. The molecule has 1 rings (SSSR count). The van der Waals surface area contributed by atoms with Gasteiger partial charge in [0.1, 0.15) is 0 Å². The summed E-state index contributed by atoms with van der Waals surface area (Å²) in [5.41, 5.74) is 0. The Bertz CT molecular complexity index is 678. The predicted octanol–water partition coefficient (Wildman–Crippen LogP) is 5.61. The van der Waals surface area contributed by atoms with Crippen LogP contribution in [0.25, 0.3) is 0 Å². The molecule has 0 N–H and O–H groups in total. The SMILES string of the molecule is CC(C)COC(=O)CCCCCCCCC(=O)Oc1c(F)c(F)c(F)c(F)c1F. The van der Waals surface area contributed by atoms with Gasteiger partial charge in [0.05, 0.1) is 6.61 Å². The summed E-state index contributed by atoms with van der Waals surface area (Å²) in [6.45, 7) is 4.30. The third kappa shape index (κ3) is 8.37. The van der Waals surface area contributed by atoms with Crippen molar-refractivity contribution in [3.63, 3.8) is 0 Å². The summed E-state index contributed by atoms with van der Waals surface area (Å²) in [5, 5.41) is 0. The van der Waals surface area contributed by atoms with Crippen molar-refractivity contribution < 1.29 is 41.0 Å². The van der Waals surface area contributed by atoms with Gasteiger partial charge < -0.3 is 9.47 Å². The van der Waals surface area contributed by atoms with E-state index in [0.29, 0.717) is 38.2 Å². The number of halogens is 5. The summed E-state index contributed by atoms with van der Waals surface area (Å²) in [5.74, 6) is -13.6. The number of esters is 2. The highest BCUT2D eigenvalue weighted by molar-refractivity contribution is 5.72. The number of carbonyl (C=O) groups is 2. The molecular formula is C20H25F5O4. The maximum absolute atomic E-state index is 13.4. The van der Waals surface area contributed by atoms with E-state index >= 15 is 0 Å². The molecule has 0 aliphatic carbocycles. The Labute approximate surface area is 166 Å². The smallest absolute Gasteiger partial charge is 0.311 e. The fourth-order valence-corrected chi connectivity index (χ4v) is 2.42. The molecule has 0 amide bonds. The fraction of sp³-hybridized carbons (Fsp3) is 0.600. The minimum atomic E-state index is -2.31. The second-order valence-corrected chi connectivity index (χ2v) is 7.07. The highest BCUT2D eigenvalue weighted by atomic mass is 19.2. The van der Waals surface area contributed by atoms with E-state index < -0.39 is 40.8 Å². The first-order chi connectivity index (χ1) is 13.6. The van der Waals surface area contributed by atoms with Crippen molar-refractivity contribution in [1.82, 2.24) is 0 Å². The number of hydrogen-bond donors (Lipinski definition) is 0. The molecule has 0 spiro atoms. The van der Waals surface area contributed by atoms with Crippen molar-refractivity contribution >= 4 is 11.9 Å². The van der Waals surface area contributed by atoms with Crippen molar-refractivity contribution in [2.45, 2.75) is 65.2 Å². The average molecular weight is 424 g/mol. The van der Waals surface area contributed by atoms with Crippen LogP contribution in [0.1, 0.15) is 65.2 Å². The number of unbranched alkanes of at least 4 members (excludes halogenated alkanes) is 5. The molecule has 164 valence electrons. The van der Waals surface area contributed by atoms with Crippen LogP contribution in [0.2, 0.25) is 0 Å². The van der Waals surface area contributed by atoms with Crippen LogP contribution < -0.4 is 4.74 Å². The Morgan fingerprint density at radius 2 is 1.10 bits per heavy atom. The topological polar surface area (TPSA) is 52.6 Å². The van der Waals surface area contributed by atoms with Crippen molar-refractivity contribution in [1.29, 1.82) is 0 Å². The van der Waals surface area contributed by atoms with Gasteiger partial charge in [-0.05, 0) is 18.8 Å². The van der Waals surface area contributed by atoms with Gasteiger partial charge in [-0.2, -0.15) is 8.78 Å². The Kier molecular flexibility index (Phi) is 10.6. The summed E-state index contributed by atoms with van der Waals surface area (Å²) >= 11 is 0. The molecule has 0 atom stereocenters. The molecule has 1 aromatic rings. The third-order valence-electron chi connectivity index (χ3n) is 3.97. The third-order valence-corrected chi connectivity index (χ3v) is 3.97. The molecule has 1 aromatic carbocycles. The largest absolute Gasteiger partial charge is 0.465 e. The van der Waals surface area contributed by atoms with E-state index in [-0.39, 0.29) is 12.4 Å². The monoisotopic (exact) mass is 424 g/mol. The highest BCUT2D eigenvalue weighted by Gasteiger charge is 2.28. The van der Waals surface area contributed by atoms with E-state index in [9.17, 15) is 31.5 Å². The normalized spacial score (nSPS) is 11.0. The van der Waals surface area contributed by atoms with E-state index in [1.807, 2.05) is 13.8 Å². The summed E-state index contributed by atoms with van der Waals surface area (Å²) in [6.07, 6.45) is 4.17. The van der Waals surface area contributed by atoms with E-state index in [2.05, 4.69) is 4.74 Å². The zero-order valence-corrected chi connectivity index (χ0v) is 16.5. The average Bonchev–Trinajstić information content (AvgIpc) is 2.68. The molecule has 0 heterocycles. The zero-order valence-electron chi connectivity index (χ0n) is 16.5. The molecule has 0 saturated carbocycles. The van der Waals surface area contributed by atoms with Gasteiger partial charge in [-0.15, -0.1) is 0 Å². The molecule has 0 aliphatic heterocycles. The lowest BCUT2D eigenvalue weighted by Crippen LogP contribution is -2.13. The molecule has 0 aromatic heterocycles. The summed E-state index contributed by atoms with van der Waals surface area (Å²) in [7, 11) is 0. The predicted molar refractivity (Wildman–Crippen MR) is 94.6 cm³/mol. The summed E-state index contributed by atoms with van der Waals surface area (Å²) in [4.78, 5) is 23.0. The van der Waals surface area contributed by atoms with E-state index in [1.54, 1.807) is 0 Å². The molecular weight excluding hydrogens is 399 g/mol. The lowest BCUT2D eigenvalue weighted by atomic mass is 10.1. The Balaban J connectivity index is 2.22. The molecule has 0 saturated heterocycles. The first kappa shape index (κ1) is 24.8. The molecule has 4 nitrogen and oxygen atoms in total. The van der Waals surface area contributed by atoms with Gasteiger partial charge in [0.15, 0.2) is 0 Å². The Morgan fingerprint density at radius 1 is 0.690 bits per heavy atom. The molecule has 0 aliphatic rings. The van der Waals surface area contributed by atoms with Crippen LogP contribution in [0.4, 0.5) is 22.0 Å². The van der Waals surface area contributed by atoms with Gasteiger partial charge in [0.25, 0.3) is 0 Å². The van der Waals surface area contributed by atoms with Crippen molar-refractivity contribution in [2.24, 2.45) is 5.92 Å². The number of rotatable bonds is 12. The van der Waals surface area contributed by atoms with Crippen LogP contribution in [0.5, 0.6) is 5.75 Å². The van der Waals surface area contributed by atoms with Gasteiger partial charge in [0, 0.05) is 12.8 Å². The van der Waals surface area contributed by atoms with Crippen molar-refractivity contribution in [3.8, 4) is 5.75 Å². The van der Waals surface area contributed by atoms with E-state index in [0.717, 1.165) is 19.3 Å². The molecule has 29 heavy (non-hydrogen) atoms. The number of benzene rings is 1. The molecule has 0 fully saturated rings. The van der Waals surface area contributed by atoms with Crippen LogP contribution in [-0.4, -0.2) is 18.5 Å². The standard InChI is InChI=1S/C20H25F5O4/c1-12(2)11-28-13(26)9-7-5-3-4-6-8-10-14(27)29-20-18(24)16(22)15(21)17(23)19(20)25/h12H,3-11H2,1-2H3. The Morgan fingerprint density at radius 3 is 1.59 bits per heavy atom. The van der Waals surface area contributed by atoms with Crippen molar-refractivity contribution in [2.75, 3.05) is 6.61 Å². The van der Waals surface area contributed by atoms with Gasteiger partial charge in [-0.25, -0.2) is 13.2 Å². The van der Waals surface area contributed by atoms with Gasteiger partial charge >= 0.3 is 11.9 Å². The Hall–Kier alpha value is -2.19. The minimum absolute atomic E-state index is 0.221. The lowest BCUT2D eigenvalue weighted by molar-refractivity contribution is -0.144. The first-order valence-electron chi connectivity index (χ1n) is 9.52. The van der Waals surface area contributed by atoms with Crippen molar-refractivity contribution in [3.05, 3.63) is 29.1 Å². The van der Waals surface area contributed by atoms with Crippen LogP contribution in [0.3, 0.4) is 0 Å². The second kappa shape index (κ2) is 12.4. The quantitative estimate of drug-likeness (QED) is 0.109. The molecule has 9 heteroatoms. The van der Waals surface area contributed by atoms with Gasteiger partial charge in [-0.3, -0.25) is 9.59 Å². The molecule has 0 radical (unpaired) electrons. The number of hydrogen-bond acceptors (Lipinski definition) is 4. The van der Waals surface area contributed by atoms with Gasteiger partial charge in [-0.1, -0.05) is 39.5 Å². The minimum Gasteiger partial charge on any atom is -0.465 e. The maximum atomic E-state index is 13.4. The van der Waals surface area contributed by atoms with E-state index in [4.69, 9.17) is 4.74 Å². The van der Waals surface area contributed by atoms with E-state index in [1.165, 1.54) is 0 Å². The first-order valence-corrected chi connectivity index (χ1v) is 9.52. The van der Waals surface area contributed by atoms with Crippen LogP contribution in [0, 0.1) is 35.0 Å². The number of ether oxygens (including phenoxy) is 2. The molecule has 0 unspecified atom stereocenters. The van der Waals surface area contributed by atoms with Crippen LogP contribution in [0.15, 0.2) is 0 Å². The summed E-state index contributed by atoms with van der Waals surface area (Å²) < 4.78 is 75.3. The van der Waals surface area contributed by atoms with Crippen LogP contribution >= 0.6 is 0 Å². The second-order valence-electron chi connectivity index (χ2n) is 7.07. The lowest BCUT2D eigenvalue weighted by Gasteiger charge is -2.09.